The number of nitrogens with one attached hydrogen (secondary N) is 1. The molecule has 1 amide bonds. The zero-order valence-corrected chi connectivity index (χ0v) is 10.5. The maximum atomic E-state index is 11.2. The van der Waals surface area contributed by atoms with E-state index in [1.165, 1.54) is 0 Å². The Balaban J connectivity index is 1.93. The van der Waals surface area contributed by atoms with Gasteiger partial charge in [0.25, 0.3) is 0 Å². The van der Waals surface area contributed by atoms with Crippen LogP contribution >= 0.6 is 15.9 Å². The van der Waals surface area contributed by atoms with Crippen molar-refractivity contribution >= 4 is 21.8 Å². The van der Waals surface area contributed by atoms with Gasteiger partial charge in [-0.25, -0.2) is 0 Å². The third kappa shape index (κ3) is 3.28. The highest BCUT2D eigenvalue weighted by Crippen LogP contribution is 2.09. The molecule has 2 heterocycles. The molecule has 0 bridgehead atoms. The third-order valence-corrected chi connectivity index (χ3v) is 3.05. The molecule has 0 spiro atoms. The van der Waals surface area contributed by atoms with Gasteiger partial charge in [0.1, 0.15) is 0 Å². The van der Waals surface area contributed by atoms with E-state index in [9.17, 15) is 4.79 Å². The summed E-state index contributed by atoms with van der Waals surface area (Å²) in [5, 5.41) is 2.86. The Morgan fingerprint density at radius 2 is 2.31 bits per heavy atom. The molecule has 0 atom stereocenters. The van der Waals surface area contributed by atoms with E-state index in [0.29, 0.717) is 6.42 Å². The van der Waals surface area contributed by atoms with Crippen LogP contribution in [0.5, 0.6) is 0 Å². The number of hydrogen-bond donors (Lipinski definition) is 1. The van der Waals surface area contributed by atoms with Gasteiger partial charge in [0.15, 0.2) is 0 Å². The van der Waals surface area contributed by atoms with Crippen LogP contribution in [0.3, 0.4) is 0 Å². The lowest BCUT2D eigenvalue weighted by molar-refractivity contribution is -0.120. The lowest BCUT2D eigenvalue weighted by Crippen LogP contribution is -2.28. The molecule has 0 aliphatic carbocycles. The van der Waals surface area contributed by atoms with Crippen molar-refractivity contribution in [3.8, 4) is 0 Å². The molecule has 1 aliphatic rings. The fraction of sp³-hybridized carbons (Fsp3) is 0.455. The predicted molar refractivity (Wildman–Crippen MR) is 64.8 cm³/mol. The first-order valence-electron chi connectivity index (χ1n) is 5.33. The number of rotatable bonds is 2. The Morgan fingerprint density at radius 3 is 3.06 bits per heavy atom. The zero-order chi connectivity index (χ0) is 11.4. The minimum Gasteiger partial charge on any atom is -0.355 e. The van der Waals surface area contributed by atoms with E-state index in [1.807, 2.05) is 12.1 Å². The standard InChI is InChI=1S/C11H14BrN3O/c12-9-1-2-10(14-7-9)8-15-5-3-11(16)13-4-6-15/h1-2,7H,3-6,8H2,(H,13,16). The molecule has 4 nitrogen and oxygen atoms in total. The van der Waals surface area contributed by atoms with E-state index in [4.69, 9.17) is 0 Å². The van der Waals surface area contributed by atoms with Gasteiger partial charge >= 0.3 is 0 Å². The van der Waals surface area contributed by atoms with Crippen molar-refractivity contribution in [2.45, 2.75) is 13.0 Å². The predicted octanol–water partition coefficient (Wildman–Crippen LogP) is 1.17. The van der Waals surface area contributed by atoms with Crippen LogP contribution in [0.2, 0.25) is 0 Å². The lowest BCUT2D eigenvalue weighted by Gasteiger charge is -2.18. The van der Waals surface area contributed by atoms with Crippen LogP contribution in [0.1, 0.15) is 12.1 Å². The summed E-state index contributed by atoms with van der Waals surface area (Å²) in [6, 6.07) is 3.99. The fourth-order valence-electron chi connectivity index (χ4n) is 1.70. The average Bonchev–Trinajstić information content (AvgIpc) is 2.47. The van der Waals surface area contributed by atoms with E-state index in [1.54, 1.807) is 6.20 Å². The fourth-order valence-corrected chi connectivity index (χ4v) is 1.94. The normalized spacial score (nSPS) is 17.9. The van der Waals surface area contributed by atoms with Gasteiger partial charge in [-0.15, -0.1) is 0 Å². The molecule has 1 fully saturated rings. The topological polar surface area (TPSA) is 45.2 Å². The van der Waals surface area contributed by atoms with E-state index in [0.717, 1.165) is 36.3 Å². The van der Waals surface area contributed by atoms with E-state index >= 15 is 0 Å². The number of aromatic nitrogens is 1. The van der Waals surface area contributed by atoms with Crippen molar-refractivity contribution in [1.29, 1.82) is 0 Å². The van der Waals surface area contributed by atoms with Gasteiger partial charge in [-0.2, -0.15) is 0 Å². The summed E-state index contributed by atoms with van der Waals surface area (Å²) in [6.07, 6.45) is 2.38. The van der Waals surface area contributed by atoms with E-state index < -0.39 is 0 Å². The molecule has 1 saturated heterocycles. The number of halogens is 1. The molecule has 0 saturated carbocycles. The molecule has 1 aliphatic heterocycles. The number of hydrogen-bond acceptors (Lipinski definition) is 3. The minimum absolute atomic E-state index is 0.145. The minimum atomic E-state index is 0.145. The lowest BCUT2D eigenvalue weighted by atomic mass is 10.3. The molecular formula is C11H14BrN3O. The van der Waals surface area contributed by atoms with Gasteiger partial charge in [-0.1, -0.05) is 0 Å². The first-order valence-corrected chi connectivity index (χ1v) is 6.13. The summed E-state index contributed by atoms with van der Waals surface area (Å²) in [5.41, 5.74) is 1.04. The van der Waals surface area contributed by atoms with Crippen LogP contribution in [0, 0.1) is 0 Å². The third-order valence-electron chi connectivity index (χ3n) is 2.58. The van der Waals surface area contributed by atoms with Crippen molar-refractivity contribution in [2.75, 3.05) is 19.6 Å². The molecule has 0 aromatic carbocycles. The van der Waals surface area contributed by atoms with Crippen LogP contribution in [-0.2, 0) is 11.3 Å². The van der Waals surface area contributed by atoms with Crippen LogP contribution in [0.4, 0.5) is 0 Å². The molecule has 5 heteroatoms. The highest BCUT2D eigenvalue weighted by molar-refractivity contribution is 9.10. The molecular weight excluding hydrogens is 270 g/mol. The second-order valence-corrected chi connectivity index (χ2v) is 4.76. The maximum Gasteiger partial charge on any atom is 0.221 e. The summed E-state index contributed by atoms with van der Waals surface area (Å²) < 4.78 is 0.990. The Kier molecular flexibility index (Phi) is 3.90. The first-order chi connectivity index (χ1) is 7.74. The van der Waals surface area contributed by atoms with Crippen LogP contribution < -0.4 is 5.32 Å². The molecule has 1 aromatic rings. The van der Waals surface area contributed by atoms with Crippen molar-refractivity contribution < 1.29 is 4.79 Å². The second kappa shape index (κ2) is 5.41. The molecule has 86 valence electrons. The molecule has 1 N–H and O–H groups in total. The molecule has 16 heavy (non-hydrogen) atoms. The Morgan fingerprint density at radius 1 is 1.44 bits per heavy atom. The van der Waals surface area contributed by atoms with Crippen molar-refractivity contribution in [1.82, 2.24) is 15.2 Å². The molecule has 0 radical (unpaired) electrons. The quantitative estimate of drug-likeness (QED) is 0.886. The SMILES string of the molecule is O=C1CCN(Cc2ccc(Br)cn2)CCN1. The number of carbonyl (C=O) groups excluding carboxylic acids is 1. The zero-order valence-electron chi connectivity index (χ0n) is 8.95. The first kappa shape index (κ1) is 11.5. The summed E-state index contributed by atoms with van der Waals surface area (Å²) >= 11 is 3.36. The summed E-state index contributed by atoms with van der Waals surface area (Å²) in [4.78, 5) is 17.7. The number of pyridine rings is 1. The Labute approximate surface area is 103 Å². The summed E-state index contributed by atoms with van der Waals surface area (Å²) in [6.45, 7) is 3.24. The van der Waals surface area contributed by atoms with Gasteiger partial charge in [0.05, 0.1) is 5.69 Å². The number of nitrogens with zero attached hydrogens (tertiary/aromatic N) is 2. The monoisotopic (exact) mass is 283 g/mol. The van der Waals surface area contributed by atoms with Gasteiger partial charge < -0.3 is 5.32 Å². The van der Waals surface area contributed by atoms with Gasteiger partial charge in [-0.3, -0.25) is 14.7 Å². The van der Waals surface area contributed by atoms with Gasteiger partial charge in [0, 0.05) is 43.3 Å². The van der Waals surface area contributed by atoms with Gasteiger partial charge in [-0.05, 0) is 28.1 Å². The molecule has 2 rings (SSSR count). The van der Waals surface area contributed by atoms with E-state index in [-0.39, 0.29) is 5.91 Å². The molecule has 0 unspecified atom stereocenters. The largest absolute Gasteiger partial charge is 0.355 e. The summed E-state index contributed by atoms with van der Waals surface area (Å²) in [5.74, 6) is 0.145. The van der Waals surface area contributed by atoms with Gasteiger partial charge in [0.2, 0.25) is 5.91 Å². The number of amides is 1. The van der Waals surface area contributed by atoms with Crippen molar-refractivity contribution in [3.63, 3.8) is 0 Å². The number of carbonyl (C=O) groups is 1. The van der Waals surface area contributed by atoms with Crippen LogP contribution in [0.15, 0.2) is 22.8 Å². The average molecular weight is 284 g/mol. The summed E-state index contributed by atoms with van der Waals surface area (Å²) in [7, 11) is 0. The van der Waals surface area contributed by atoms with Crippen molar-refractivity contribution in [2.24, 2.45) is 0 Å². The van der Waals surface area contributed by atoms with E-state index in [2.05, 4.69) is 31.1 Å². The Bertz CT molecular complexity index is 366. The highest BCUT2D eigenvalue weighted by atomic mass is 79.9. The highest BCUT2D eigenvalue weighted by Gasteiger charge is 2.13. The molecule has 1 aromatic heterocycles. The van der Waals surface area contributed by atoms with Crippen LogP contribution in [-0.4, -0.2) is 35.4 Å². The maximum absolute atomic E-state index is 11.2. The van der Waals surface area contributed by atoms with Crippen LogP contribution in [0.25, 0.3) is 0 Å². The second-order valence-electron chi connectivity index (χ2n) is 3.84. The Hall–Kier alpha value is -0.940. The smallest absolute Gasteiger partial charge is 0.221 e. The van der Waals surface area contributed by atoms with Crippen molar-refractivity contribution in [3.05, 3.63) is 28.5 Å².